The van der Waals surface area contributed by atoms with Crippen LogP contribution in [0.3, 0.4) is 0 Å². The highest BCUT2D eigenvalue weighted by Gasteiger charge is 2.27. The van der Waals surface area contributed by atoms with E-state index in [1.165, 1.54) is 46.9 Å². The Morgan fingerprint density at radius 3 is 2.42 bits per heavy atom. The van der Waals surface area contributed by atoms with Crippen molar-refractivity contribution in [1.82, 2.24) is 8.87 Å². The molecule has 0 saturated carbocycles. The summed E-state index contributed by atoms with van der Waals surface area (Å²) in [7, 11) is -3.55. The lowest BCUT2D eigenvalue weighted by molar-refractivity contribution is 0.102. The van der Waals surface area contributed by atoms with E-state index in [0.717, 1.165) is 18.9 Å². The van der Waals surface area contributed by atoms with E-state index in [2.05, 4.69) is 5.32 Å². The summed E-state index contributed by atoms with van der Waals surface area (Å²) in [4.78, 5) is 25.7. The van der Waals surface area contributed by atoms with E-state index in [1.807, 2.05) is 6.92 Å². The third-order valence-electron chi connectivity index (χ3n) is 5.44. The number of aryl methyl sites for hydroxylation is 1. The first-order chi connectivity index (χ1) is 14.8. The average Bonchev–Trinajstić information content (AvgIpc) is 3.30. The molecule has 1 amide bonds. The molecule has 1 N–H and O–H groups in total. The summed E-state index contributed by atoms with van der Waals surface area (Å²) in [5, 5.41) is 2.75. The summed E-state index contributed by atoms with van der Waals surface area (Å²) >= 11 is 0. The van der Waals surface area contributed by atoms with Gasteiger partial charge >= 0.3 is 0 Å². The molecule has 7 nitrogen and oxygen atoms in total. The standard InChI is InChI=1S/C22H22FN3O4S/c1-2-25-14-19(21(27)18-13-15(23)5-10-20(18)25)22(28)24-16-6-8-17(9-7-16)31(29,30)26-11-3-4-12-26/h5-10,13-14H,2-4,11-12H2,1H3,(H,24,28). The van der Waals surface area contributed by atoms with Gasteiger partial charge in [0.2, 0.25) is 15.5 Å². The van der Waals surface area contributed by atoms with Crippen molar-refractivity contribution in [2.45, 2.75) is 31.2 Å². The SMILES string of the molecule is CCn1cc(C(=O)Nc2ccc(S(=O)(=O)N3CCCC3)cc2)c(=O)c2cc(F)ccc21. The van der Waals surface area contributed by atoms with Crippen LogP contribution in [0.25, 0.3) is 10.9 Å². The maximum atomic E-state index is 13.7. The van der Waals surface area contributed by atoms with Gasteiger partial charge in [-0.1, -0.05) is 0 Å². The minimum atomic E-state index is -3.55. The lowest BCUT2D eigenvalue weighted by atomic mass is 10.1. The molecule has 1 aliphatic heterocycles. The topological polar surface area (TPSA) is 88.5 Å². The number of carbonyl (C=O) groups is 1. The van der Waals surface area contributed by atoms with Gasteiger partial charge in [-0.3, -0.25) is 9.59 Å². The number of fused-ring (bicyclic) bond motifs is 1. The van der Waals surface area contributed by atoms with E-state index >= 15 is 0 Å². The first-order valence-corrected chi connectivity index (χ1v) is 11.5. The lowest BCUT2D eigenvalue weighted by Crippen LogP contribution is -2.27. The number of rotatable bonds is 5. The number of hydrogen-bond acceptors (Lipinski definition) is 4. The van der Waals surface area contributed by atoms with Gasteiger partial charge in [0.05, 0.1) is 10.4 Å². The molecule has 9 heteroatoms. The fourth-order valence-electron chi connectivity index (χ4n) is 3.78. The molecule has 0 spiro atoms. The molecule has 0 unspecified atom stereocenters. The normalized spacial score (nSPS) is 14.8. The highest BCUT2D eigenvalue weighted by Crippen LogP contribution is 2.22. The molecule has 3 aromatic rings. The third kappa shape index (κ3) is 3.98. The van der Waals surface area contributed by atoms with Gasteiger partial charge in [0.15, 0.2) is 0 Å². The first-order valence-electron chi connectivity index (χ1n) is 10.1. The van der Waals surface area contributed by atoms with Gasteiger partial charge in [0.25, 0.3) is 5.91 Å². The van der Waals surface area contributed by atoms with Crippen LogP contribution in [0.15, 0.2) is 58.4 Å². The van der Waals surface area contributed by atoms with Crippen molar-refractivity contribution in [2.75, 3.05) is 18.4 Å². The number of aromatic nitrogens is 1. The molecule has 1 aliphatic rings. The molecular weight excluding hydrogens is 421 g/mol. The van der Waals surface area contributed by atoms with Crippen molar-refractivity contribution in [3.63, 3.8) is 0 Å². The molecule has 1 aromatic heterocycles. The zero-order chi connectivity index (χ0) is 22.2. The molecule has 162 valence electrons. The third-order valence-corrected chi connectivity index (χ3v) is 7.36. The molecule has 2 heterocycles. The van der Waals surface area contributed by atoms with Crippen LogP contribution in [0, 0.1) is 5.82 Å². The number of sulfonamides is 1. The number of carbonyl (C=O) groups excluding carboxylic acids is 1. The van der Waals surface area contributed by atoms with Crippen LogP contribution >= 0.6 is 0 Å². The molecule has 1 fully saturated rings. The van der Waals surface area contributed by atoms with Gasteiger partial charge in [-0.25, -0.2) is 12.8 Å². The maximum absolute atomic E-state index is 13.7. The minimum Gasteiger partial charge on any atom is -0.347 e. The van der Waals surface area contributed by atoms with E-state index in [4.69, 9.17) is 0 Å². The second-order valence-electron chi connectivity index (χ2n) is 7.41. The fourth-order valence-corrected chi connectivity index (χ4v) is 5.30. The number of nitrogens with zero attached hydrogens (tertiary/aromatic N) is 2. The number of pyridine rings is 1. The Morgan fingerprint density at radius 2 is 1.77 bits per heavy atom. The summed E-state index contributed by atoms with van der Waals surface area (Å²) in [5.74, 6) is -1.20. The van der Waals surface area contributed by atoms with E-state index < -0.39 is 27.2 Å². The molecule has 1 saturated heterocycles. The summed E-state index contributed by atoms with van der Waals surface area (Å²) < 4.78 is 42.1. The second kappa shape index (κ2) is 8.24. The molecule has 4 rings (SSSR count). The van der Waals surface area contributed by atoms with E-state index in [1.54, 1.807) is 4.57 Å². The van der Waals surface area contributed by atoms with Gasteiger partial charge in [-0.2, -0.15) is 4.31 Å². The Labute approximate surface area is 179 Å². The maximum Gasteiger partial charge on any atom is 0.261 e. The zero-order valence-corrected chi connectivity index (χ0v) is 17.8. The number of halogens is 1. The van der Waals surface area contributed by atoms with Crippen molar-refractivity contribution in [2.24, 2.45) is 0 Å². The summed E-state index contributed by atoms with van der Waals surface area (Å²) in [6.45, 7) is 3.36. The van der Waals surface area contributed by atoms with Crippen LogP contribution in [-0.2, 0) is 16.6 Å². The number of amides is 1. The number of benzene rings is 2. The minimum absolute atomic E-state index is 0.117. The van der Waals surface area contributed by atoms with E-state index in [-0.39, 0.29) is 15.8 Å². The van der Waals surface area contributed by atoms with Gasteiger partial charge in [0, 0.05) is 36.9 Å². The van der Waals surface area contributed by atoms with Gasteiger partial charge < -0.3 is 9.88 Å². The molecule has 0 radical (unpaired) electrons. The Morgan fingerprint density at radius 1 is 1.10 bits per heavy atom. The van der Waals surface area contributed by atoms with Gasteiger partial charge in [-0.05, 0) is 62.2 Å². The van der Waals surface area contributed by atoms with Crippen molar-refractivity contribution in [1.29, 1.82) is 0 Å². The number of nitrogens with one attached hydrogen (secondary N) is 1. The smallest absolute Gasteiger partial charge is 0.261 e. The highest BCUT2D eigenvalue weighted by molar-refractivity contribution is 7.89. The van der Waals surface area contributed by atoms with Crippen LogP contribution in [0.4, 0.5) is 10.1 Å². The van der Waals surface area contributed by atoms with Gasteiger partial charge in [0.1, 0.15) is 11.4 Å². The Hall–Kier alpha value is -3.04. The summed E-state index contributed by atoms with van der Waals surface area (Å²) in [6, 6.07) is 9.74. The summed E-state index contributed by atoms with van der Waals surface area (Å²) in [5.41, 5.74) is 0.215. The van der Waals surface area contributed by atoms with Crippen LogP contribution < -0.4 is 10.7 Å². The van der Waals surface area contributed by atoms with E-state index in [9.17, 15) is 22.4 Å². The van der Waals surface area contributed by atoms with Crippen molar-refractivity contribution in [3.05, 3.63) is 70.3 Å². The van der Waals surface area contributed by atoms with Gasteiger partial charge in [-0.15, -0.1) is 0 Å². The quantitative estimate of drug-likeness (QED) is 0.656. The van der Waals surface area contributed by atoms with Crippen molar-refractivity contribution < 1.29 is 17.6 Å². The van der Waals surface area contributed by atoms with Crippen LogP contribution in [0.5, 0.6) is 0 Å². The Kier molecular flexibility index (Phi) is 5.63. The average molecular weight is 444 g/mol. The largest absolute Gasteiger partial charge is 0.347 e. The molecule has 0 atom stereocenters. The number of anilines is 1. The highest BCUT2D eigenvalue weighted by atomic mass is 32.2. The first kappa shape index (κ1) is 21.2. The lowest BCUT2D eigenvalue weighted by Gasteiger charge is -2.16. The number of hydrogen-bond donors (Lipinski definition) is 1. The molecule has 0 aliphatic carbocycles. The molecule has 0 bridgehead atoms. The molecular formula is C22H22FN3O4S. The van der Waals surface area contributed by atoms with E-state index in [0.29, 0.717) is 30.8 Å². The monoisotopic (exact) mass is 443 g/mol. The Bertz CT molecular complexity index is 1310. The van der Waals surface area contributed by atoms with Crippen molar-refractivity contribution >= 4 is 32.5 Å². The predicted octanol–water partition coefficient (Wildman–Crippen LogP) is 3.20. The predicted molar refractivity (Wildman–Crippen MR) is 116 cm³/mol. The van der Waals surface area contributed by atoms with Crippen LogP contribution in [0.1, 0.15) is 30.1 Å². The second-order valence-corrected chi connectivity index (χ2v) is 9.35. The molecule has 31 heavy (non-hydrogen) atoms. The van der Waals surface area contributed by atoms with Crippen molar-refractivity contribution in [3.8, 4) is 0 Å². The zero-order valence-electron chi connectivity index (χ0n) is 17.0. The van der Waals surface area contributed by atoms with Crippen LogP contribution in [-0.4, -0.2) is 36.3 Å². The van der Waals surface area contributed by atoms with Crippen LogP contribution in [0.2, 0.25) is 0 Å². The summed E-state index contributed by atoms with van der Waals surface area (Å²) in [6.07, 6.45) is 3.14. The fraction of sp³-hybridized carbons (Fsp3) is 0.273. The molecule has 2 aromatic carbocycles. The Balaban J connectivity index is 1.62.